The van der Waals surface area contributed by atoms with Crippen LogP contribution in [-0.2, 0) is 5.75 Å². The topological polar surface area (TPSA) is 50.7 Å². The highest BCUT2D eigenvalue weighted by atomic mass is 35.5. The Balaban J connectivity index is 1.72. The Morgan fingerprint density at radius 2 is 1.66 bits per heavy atom. The van der Waals surface area contributed by atoms with Crippen LogP contribution >= 0.6 is 23.4 Å². The maximum Gasteiger partial charge on any atom is 0.283 e. The van der Waals surface area contributed by atoms with Crippen LogP contribution in [0, 0.1) is 0 Å². The van der Waals surface area contributed by atoms with Crippen molar-refractivity contribution >= 4 is 45.3 Å². The largest absolute Gasteiger partial charge is 0.349 e. The van der Waals surface area contributed by atoms with E-state index in [1.54, 1.807) is 4.57 Å². The van der Waals surface area contributed by atoms with Crippen molar-refractivity contribution in [1.29, 1.82) is 0 Å². The van der Waals surface area contributed by atoms with Crippen molar-refractivity contribution in [2.45, 2.75) is 10.9 Å². The van der Waals surface area contributed by atoms with E-state index in [9.17, 15) is 4.79 Å². The fourth-order valence-corrected chi connectivity index (χ4v) is 4.69. The number of hydrogen-bond acceptors (Lipinski definition) is 3. The Kier molecular flexibility index (Phi) is 4.62. The van der Waals surface area contributed by atoms with Gasteiger partial charge in [-0.3, -0.25) is 9.36 Å². The number of aromatic amines is 1. The fraction of sp³-hybridized carbons (Fsp3) is 0.0435. The second kappa shape index (κ2) is 7.43. The lowest BCUT2D eigenvalue weighted by Crippen LogP contribution is -2.21. The highest BCUT2D eigenvalue weighted by molar-refractivity contribution is 7.98. The maximum absolute atomic E-state index is 13.4. The van der Waals surface area contributed by atoms with E-state index in [2.05, 4.69) is 4.98 Å². The molecule has 0 spiro atoms. The molecule has 0 saturated carbocycles. The first-order valence-electron chi connectivity index (χ1n) is 9.17. The number of benzene rings is 3. The third-order valence-electron chi connectivity index (χ3n) is 4.82. The molecule has 3 aromatic carbocycles. The zero-order chi connectivity index (χ0) is 19.8. The molecule has 5 aromatic rings. The van der Waals surface area contributed by atoms with E-state index in [0.29, 0.717) is 27.0 Å². The molecule has 0 unspecified atom stereocenters. The molecule has 29 heavy (non-hydrogen) atoms. The van der Waals surface area contributed by atoms with Gasteiger partial charge in [0.2, 0.25) is 0 Å². The quantitative estimate of drug-likeness (QED) is 0.296. The van der Waals surface area contributed by atoms with Crippen LogP contribution in [0.5, 0.6) is 0 Å². The van der Waals surface area contributed by atoms with Gasteiger partial charge >= 0.3 is 0 Å². The summed E-state index contributed by atoms with van der Waals surface area (Å²) in [6, 6.07) is 25.2. The van der Waals surface area contributed by atoms with Crippen molar-refractivity contribution in [3.8, 4) is 5.69 Å². The van der Waals surface area contributed by atoms with Gasteiger partial charge in [-0.1, -0.05) is 78.0 Å². The number of rotatable bonds is 4. The van der Waals surface area contributed by atoms with Gasteiger partial charge in [0.25, 0.3) is 5.56 Å². The van der Waals surface area contributed by atoms with Crippen LogP contribution in [0.1, 0.15) is 5.56 Å². The summed E-state index contributed by atoms with van der Waals surface area (Å²) < 4.78 is 1.67. The van der Waals surface area contributed by atoms with E-state index in [1.807, 2.05) is 78.9 Å². The Morgan fingerprint density at radius 1 is 0.931 bits per heavy atom. The van der Waals surface area contributed by atoms with Crippen molar-refractivity contribution < 1.29 is 0 Å². The molecule has 142 valence electrons. The summed E-state index contributed by atoms with van der Waals surface area (Å²) in [5.41, 5.74) is 3.79. The van der Waals surface area contributed by atoms with E-state index in [4.69, 9.17) is 16.6 Å². The summed E-state index contributed by atoms with van der Waals surface area (Å²) in [5.74, 6) is 0.618. The van der Waals surface area contributed by atoms with Crippen LogP contribution in [0.25, 0.3) is 27.6 Å². The molecular weight excluding hydrogens is 402 g/mol. The molecule has 1 N–H and O–H groups in total. The summed E-state index contributed by atoms with van der Waals surface area (Å²) >= 11 is 7.83. The highest BCUT2D eigenvalue weighted by Gasteiger charge is 2.17. The van der Waals surface area contributed by atoms with Crippen molar-refractivity contribution in [2.75, 3.05) is 0 Å². The molecule has 0 aliphatic heterocycles. The predicted molar refractivity (Wildman–Crippen MR) is 120 cm³/mol. The van der Waals surface area contributed by atoms with Gasteiger partial charge < -0.3 is 4.98 Å². The summed E-state index contributed by atoms with van der Waals surface area (Å²) in [6.07, 6.45) is 0. The van der Waals surface area contributed by atoms with Gasteiger partial charge in [-0.2, -0.15) is 0 Å². The number of hydrogen-bond donors (Lipinski definition) is 1. The molecule has 0 aliphatic carbocycles. The Morgan fingerprint density at radius 3 is 2.48 bits per heavy atom. The molecule has 0 fully saturated rings. The average molecular weight is 418 g/mol. The zero-order valence-corrected chi connectivity index (χ0v) is 16.9. The van der Waals surface area contributed by atoms with Gasteiger partial charge in [-0.25, -0.2) is 4.98 Å². The lowest BCUT2D eigenvalue weighted by atomic mass is 10.2. The number of halogens is 1. The number of para-hydroxylation sites is 2. The minimum Gasteiger partial charge on any atom is -0.349 e. The number of H-pyrrole nitrogens is 1. The van der Waals surface area contributed by atoms with E-state index in [0.717, 1.165) is 22.2 Å². The minimum absolute atomic E-state index is 0.112. The van der Waals surface area contributed by atoms with Crippen molar-refractivity contribution in [3.63, 3.8) is 0 Å². The first kappa shape index (κ1) is 18.0. The SMILES string of the molecule is O=c1c2[nH]c3ccccc3c2nc(SCc2ccccc2Cl)n1-c1ccccc1. The van der Waals surface area contributed by atoms with Gasteiger partial charge in [0.05, 0.1) is 5.69 Å². The first-order valence-corrected chi connectivity index (χ1v) is 10.5. The smallest absolute Gasteiger partial charge is 0.283 e. The first-order chi connectivity index (χ1) is 14.2. The highest BCUT2D eigenvalue weighted by Crippen LogP contribution is 2.29. The second-order valence-electron chi connectivity index (χ2n) is 6.64. The third kappa shape index (κ3) is 3.22. The normalized spacial score (nSPS) is 11.3. The second-order valence-corrected chi connectivity index (χ2v) is 7.99. The molecule has 0 bridgehead atoms. The Labute approximate surface area is 176 Å². The van der Waals surface area contributed by atoms with Crippen LogP contribution in [0.3, 0.4) is 0 Å². The summed E-state index contributed by atoms with van der Waals surface area (Å²) in [5, 5.41) is 2.29. The average Bonchev–Trinajstić information content (AvgIpc) is 3.13. The molecule has 2 heterocycles. The Bertz CT molecular complexity index is 1390. The molecular formula is C23H16ClN3OS. The van der Waals surface area contributed by atoms with Gasteiger partial charge in [-0.15, -0.1) is 0 Å². The van der Waals surface area contributed by atoms with Gasteiger partial charge in [0.1, 0.15) is 11.0 Å². The maximum atomic E-state index is 13.4. The third-order valence-corrected chi connectivity index (χ3v) is 6.18. The summed E-state index contributed by atoms with van der Waals surface area (Å²) in [7, 11) is 0. The molecule has 0 saturated heterocycles. The van der Waals surface area contributed by atoms with Crippen molar-refractivity contribution in [2.24, 2.45) is 0 Å². The molecule has 6 heteroatoms. The molecule has 0 aliphatic rings. The van der Waals surface area contributed by atoms with Crippen LogP contribution in [-0.4, -0.2) is 14.5 Å². The lowest BCUT2D eigenvalue weighted by Gasteiger charge is -2.12. The van der Waals surface area contributed by atoms with Gasteiger partial charge in [0.15, 0.2) is 5.16 Å². The van der Waals surface area contributed by atoms with Crippen molar-refractivity contribution in [3.05, 3.63) is 99.8 Å². The predicted octanol–water partition coefficient (Wildman–Crippen LogP) is 5.81. The number of thioether (sulfide) groups is 1. The van der Waals surface area contributed by atoms with Gasteiger partial charge in [0, 0.05) is 21.7 Å². The summed E-state index contributed by atoms with van der Waals surface area (Å²) in [6.45, 7) is 0. The van der Waals surface area contributed by atoms with E-state index in [1.165, 1.54) is 11.8 Å². The fourth-order valence-electron chi connectivity index (χ4n) is 3.40. The van der Waals surface area contributed by atoms with Crippen LogP contribution in [0.2, 0.25) is 5.02 Å². The number of nitrogens with one attached hydrogen (secondary N) is 1. The van der Waals surface area contributed by atoms with Crippen molar-refractivity contribution in [1.82, 2.24) is 14.5 Å². The molecule has 5 rings (SSSR count). The number of aromatic nitrogens is 3. The van der Waals surface area contributed by atoms with Crippen LogP contribution < -0.4 is 5.56 Å². The Hall–Kier alpha value is -3.02. The van der Waals surface area contributed by atoms with E-state index >= 15 is 0 Å². The molecule has 4 nitrogen and oxygen atoms in total. The molecule has 0 radical (unpaired) electrons. The number of fused-ring (bicyclic) bond motifs is 3. The van der Waals surface area contributed by atoms with Crippen LogP contribution in [0.4, 0.5) is 0 Å². The van der Waals surface area contributed by atoms with Crippen LogP contribution in [0.15, 0.2) is 88.8 Å². The molecule has 0 atom stereocenters. The minimum atomic E-state index is -0.112. The monoisotopic (exact) mass is 417 g/mol. The lowest BCUT2D eigenvalue weighted by molar-refractivity contribution is 0.819. The van der Waals surface area contributed by atoms with E-state index < -0.39 is 0 Å². The van der Waals surface area contributed by atoms with Gasteiger partial charge in [-0.05, 0) is 29.8 Å². The number of nitrogens with zero attached hydrogens (tertiary/aromatic N) is 2. The zero-order valence-electron chi connectivity index (χ0n) is 15.3. The summed E-state index contributed by atoms with van der Waals surface area (Å²) in [4.78, 5) is 21.6. The molecule has 0 amide bonds. The molecule has 2 aromatic heterocycles. The standard InChI is InChI=1S/C23H16ClN3OS/c24-18-12-6-4-8-15(18)14-29-23-26-20-17-11-5-7-13-19(17)25-21(20)22(28)27(23)16-9-2-1-3-10-16/h1-13,25H,14H2. The van der Waals surface area contributed by atoms with E-state index in [-0.39, 0.29) is 5.56 Å².